The zero-order valence-corrected chi connectivity index (χ0v) is 13.6. The van der Waals surface area contributed by atoms with E-state index in [1.165, 1.54) is 11.1 Å². The highest BCUT2D eigenvalue weighted by Gasteiger charge is 2.39. The third-order valence-electron chi connectivity index (χ3n) is 5.31. The van der Waals surface area contributed by atoms with Crippen LogP contribution in [0.25, 0.3) is 0 Å². The first-order valence-corrected chi connectivity index (χ1v) is 8.24. The second kappa shape index (κ2) is 5.40. The van der Waals surface area contributed by atoms with Gasteiger partial charge in [-0.25, -0.2) is 0 Å². The van der Waals surface area contributed by atoms with Gasteiger partial charge in [-0.05, 0) is 56.7 Å². The Balaban J connectivity index is 2.21. The van der Waals surface area contributed by atoms with Gasteiger partial charge in [0.1, 0.15) is 11.5 Å². The molecule has 21 heavy (non-hydrogen) atoms. The Labute approximate surface area is 127 Å². The highest BCUT2D eigenvalue weighted by Crippen LogP contribution is 2.52. The molecule has 0 spiro atoms. The van der Waals surface area contributed by atoms with Crippen LogP contribution in [-0.2, 0) is 6.42 Å². The lowest BCUT2D eigenvalue weighted by Gasteiger charge is -2.40. The predicted octanol–water partition coefficient (Wildman–Crippen LogP) is 4.79. The van der Waals surface area contributed by atoms with Crippen molar-refractivity contribution in [2.45, 2.75) is 65.4 Å². The molecule has 1 aliphatic heterocycles. The van der Waals surface area contributed by atoms with Gasteiger partial charge in [0.05, 0.1) is 6.10 Å². The van der Waals surface area contributed by atoms with Crippen molar-refractivity contribution in [1.82, 2.24) is 0 Å². The van der Waals surface area contributed by atoms with Crippen molar-refractivity contribution in [3.8, 4) is 11.5 Å². The Morgan fingerprint density at radius 3 is 2.76 bits per heavy atom. The zero-order valence-electron chi connectivity index (χ0n) is 13.6. The van der Waals surface area contributed by atoms with E-state index >= 15 is 0 Å². The zero-order chi connectivity index (χ0) is 15.1. The Kier molecular flexibility index (Phi) is 3.73. The smallest absolute Gasteiger partial charge is 0.130 e. The number of allylic oxidation sites excluding steroid dienone is 2. The quantitative estimate of drug-likeness (QED) is 0.792. The molecule has 1 aromatic carbocycles. The Morgan fingerprint density at radius 2 is 2.05 bits per heavy atom. The second-order valence-electron chi connectivity index (χ2n) is 6.59. The number of rotatable bonds is 2. The highest BCUT2D eigenvalue weighted by molar-refractivity contribution is 5.61. The maximum absolute atomic E-state index is 10.8. The van der Waals surface area contributed by atoms with Gasteiger partial charge in [-0.3, -0.25) is 0 Å². The minimum absolute atomic E-state index is 0.225. The van der Waals surface area contributed by atoms with Crippen molar-refractivity contribution in [1.29, 1.82) is 0 Å². The molecule has 0 saturated carbocycles. The van der Waals surface area contributed by atoms with E-state index in [-0.39, 0.29) is 6.10 Å². The average molecular weight is 286 g/mol. The molecule has 3 rings (SSSR count). The number of benzene rings is 1. The molecule has 0 radical (unpaired) electrons. The molecule has 0 fully saturated rings. The third-order valence-corrected chi connectivity index (χ3v) is 5.31. The molecule has 0 aromatic heterocycles. The van der Waals surface area contributed by atoms with Crippen molar-refractivity contribution in [2.75, 3.05) is 0 Å². The van der Waals surface area contributed by atoms with Crippen LogP contribution in [0.3, 0.4) is 0 Å². The summed E-state index contributed by atoms with van der Waals surface area (Å²) < 4.78 is 6.26. The van der Waals surface area contributed by atoms with Gasteiger partial charge in [-0.2, -0.15) is 0 Å². The summed E-state index contributed by atoms with van der Waals surface area (Å²) in [5.41, 5.74) is 4.57. The molecule has 114 valence electrons. The minimum atomic E-state index is 0.225. The second-order valence-corrected chi connectivity index (χ2v) is 6.59. The van der Waals surface area contributed by atoms with Crippen molar-refractivity contribution < 1.29 is 9.84 Å². The molecule has 1 aromatic rings. The number of hydrogen-bond donors (Lipinski definition) is 1. The topological polar surface area (TPSA) is 29.5 Å². The van der Waals surface area contributed by atoms with E-state index in [0.29, 0.717) is 17.6 Å². The first-order chi connectivity index (χ1) is 10.1. The molecule has 1 heterocycles. The molecule has 0 amide bonds. The third kappa shape index (κ3) is 2.16. The molecule has 2 heteroatoms. The molecule has 1 aliphatic carbocycles. The van der Waals surface area contributed by atoms with Crippen LogP contribution in [0.5, 0.6) is 11.5 Å². The summed E-state index contributed by atoms with van der Waals surface area (Å²) in [5.74, 6) is 2.21. The summed E-state index contributed by atoms with van der Waals surface area (Å²) in [5, 5.41) is 10.8. The van der Waals surface area contributed by atoms with E-state index in [1.807, 2.05) is 6.92 Å². The monoisotopic (exact) mass is 286 g/mol. The summed E-state index contributed by atoms with van der Waals surface area (Å²) in [6.45, 7) is 8.55. The number of aromatic hydroxyl groups is 1. The lowest BCUT2D eigenvalue weighted by Crippen LogP contribution is -2.35. The number of hydrogen-bond acceptors (Lipinski definition) is 2. The number of ether oxygens (including phenoxy) is 1. The van der Waals surface area contributed by atoms with Gasteiger partial charge < -0.3 is 9.84 Å². The molecule has 1 N–H and O–H groups in total. The summed E-state index contributed by atoms with van der Waals surface area (Å²) in [7, 11) is 0. The standard InChI is InChI=1S/C19H26O2/c1-5-8-14-11(2)18(20)17-16-10-7-6-9-15(16)13(4)21-19(17)12(14)3/h7,10,13,15-16,20H,5-6,8-9H2,1-4H3. The van der Waals surface area contributed by atoms with Crippen LogP contribution in [0.2, 0.25) is 0 Å². The van der Waals surface area contributed by atoms with E-state index in [0.717, 1.165) is 42.6 Å². The molecule has 0 saturated heterocycles. The first-order valence-electron chi connectivity index (χ1n) is 8.24. The molecule has 3 atom stereocenters. The summed E-state index contributed by atoms with van der Waals surface area (Å²) >= 11 is 0. The Hall–Kier alpha value is -1.44. The van der Waals surface area contributed by atoms with E-state index in [9.17, 15) is 5.11 Å². The van der Waals surface area contributed by atoms with Crippen molar-refractivity contribution >= 4 is 0 Å². The molecule has 2 aliphatic rings. The fourth-order valence-electron chi connectivity index (χ4n) is 4.12. The maximum atomic E-state index is 10.8. The summed E-state index contributed by atoms with van der Waals surface area (Å²) in [6.07, 6.45) is 9.12. The van der Waals surface area contributed by atoms with Crippen LogP contribution in [0, 0.1) is 19.8 Å². The lowest BCUT2D eigenvalue weighted by molar-refractivity contribution is 0.107. The largest absolute Gasteiger partial charge is 0.507 e. The van der Waals surface area contributed by atoms with Gasteiger partial charge in [0.25, 0.3) is 0 Å². The van der Waals surface area contributed by atoms with Gasteiger partial charge >= 0.3 is 0 Å². The van der Waals surface area contributed by atoms with Gasteiger partial charge in [0.2, 0.25) is 0 Å². The minimum Gasteiger partial charge on any atom is -0.507 e. The molecular weight excluding hydrogens is 260 g/mol. The van der Waals surface area contributed by atoms with E-state index < -0.39 is 0 Å². The average Bonchev–Trinajstić information content (AvgIpc) is 2.49. The Bertz CT molecular complexity index is 586. The van der Waals surface area contributed by atoms with Crippen molar-refractivity contribution in [2.24, 2.45) is 5.92 Å². The number of fused-ring (bicyclic) bond motifs is 3. The van der Waals surface area contributed by atoms with Gasteiger partial charge in [-0.15, -0.1) is 0 Å². The molecule has 0 bridgehead atoms. The number of phenolic OH excluding ortho intramolecular Hbond substituents is 1. The van der Waals surface area contributed by atoms with Crippen LogP contribution in [0.4, 0.5) is 0 Å². The van der Waals surface area contributed by atoms with Crippen molar-refractivity contribution in [3.05, 3.63) is 34.4 Å². The van der Waals surface area contributed by atoms with E-state index in [4.69, 9.17) is 4.74 Å². The summed E-state index contributed by atoms with van der Waals surface area (Å²) in [4.78, 5) is 0. The first kappa shape index (κ1) is 14.5. The fourth-order valence-corrected chi connectivity index (χ4v) is 4.12. The maximum Gasteiger partial charge on any atom is 0.130 e. The normalized spacial score (nSPS) is 27.0. The van der Waals surface area contributed by atoms with Crippen molar-refractivity contribution in [3.63, 3.8) is 0 Å². The molecular formula is C19H26O2. The predicted molar refractivity (Wildman–Crippen MR) is 86.3 cm³/mol. The van der Waals surface area contributed by atoms with E-state index in [2.05, 4.69) is 32.9 Å². The molecule has 2 nitrogen and oxygen atoms in total. The highest BCUT2D eigenvalue weighted by atomic mass is 16.5. The van der Waals surface area contributed by atoms with Gasteiger partial charge in [0, 0.05) is 17.4 Å². The van der Waals surface area contributed by atoms with E-state index in [1.54, 1.807) is 0 Å². The molecule has 3 unspecified atom stereocenters. The lowest BCUT2D eigenvalue weighted by atomic mass is 9.73. The van der Waals surface area contributed by atoms with Crippen LogP contribution in [0.15, 0.2) is 12.2 Å². The fraction of sp³-hybridized carbons (Fsp3) is 0.579. The van der Waals surface area contributed by atoms with Crippen LogP contribution in [-0.4, -0.2) is 11.2 Å². The van der Waals surface area contributed by atoms with Gasteiger partial charge in [0.15, 0.2) is 0 Å². The SMILES string of the molecule is CCCc1c(C)c(O)c2c(c1C)OC(C)C1CCC=CC21. The van der Waals surface area contributed by atoms with Crippen LogP contribution in [0.1, 0.15) is 61.3 Å². The van der Waals surface area contributed by atoms with Gasteiger partial charge in [-0.1, -0.05) is 25.5 Å². The Morgan fingerprint density at radius 1 is 1.29 bits per heavy atom. The number of phenols is 1. The van der Waals surface area contributed by atoms with Crippen LogP contribution >= 0.6 is 0 Å². The summed E-state index contributed by atoms with van der Waals surface area (Å²) in [6, 6.07) is 0. The van der Waals surface area contributed by atoms with Crippen LogP contribution < -0.4 is 4.74 Å².